The Hall–Kier alpha value is -7.72. The lowest BCUT2D eigenvalue weighted by Gasteiger charge is -2.34. The highest BCUT2D eigenvalue weighted by Gasteiger charge is 2.47. The van der Waals surface area contributed by atoms with Gasteiger partial charge in [0, 0.05) is 43.2 Å². The molecule has 0 amide bonds. The predicted molar refractivity (Wildman–Crippen MR) is 263 cm³/mol. The van der Waals surface area contributed by atoms with Crippen LogP contribution in [0.15, 0.2) is 231 Å². The van der Waals surface area contributed by atoms with Crippen molar-refractivity contribution in [3.63, 3.8) is 0 Å². The van der Waals surface area contributed by atoms with Crippen molar-refractivity contribution < 1.29 is 0 Å². The molecule has 12 aromatic rings. The maximum atomic E-state index is 2.56. The van der Waals surface area contributed by atoms with Gasteiger partial charge in [-0.05, 0) is 81.1 Å². The standard InChI is InChI=1S/C59H38N2S/c1-4-19-40(20-5-1)59(41-21-6-2-7-22-41)50-29-14-12-27-49(50)56-51(59)30-17-32-53(56)61(54-33-16-28-47-48-36-34-39-18-10-11-25-44(39)57(48)62-58(47)54)43-35-37-46-45-26-13-15-31-52(45)60(55(46)38-43)42-23-8-3-9-24-42/h1-38H. The normalized spacial score (nSPS) is 13.0. The van der Waals surface area contributed by atoms with Crippen molar-refractivity contribution in [2.45, 2.75) is 5.41 Å². The van der Waals surface area contributed by atoms with Crippen molar-refractivity contribution >= 4 is 81.1 Å². The van der Waals surface area contributed by atoms with E-state index in [1.54, 1.807) is 0 Å². The number of hydrogen-bond donors (Lipinski definition) is 0. The predicted octanol–water partition coefficient (Wildman–Crippen LogP) is 16.1. The molecule has 13 rings (SSSR count). The fourth-order valence-corrected chi connectivity index (χ4v) is 12.0. The molecule has 3 heteroatoms. The molecule has 62 heavy (non-hydrogen) atoms. The van der Waals surface area contributed by atoms with Crippen LogP contribution in [0.25, 0.3) is 69.6 Å². The van der Waals surface area contributed by atoms with Gasteiger partial charge in [0.05, 0.1) is 32.5 Å². The Kier molecular flexibility index (Phi) is 7.72. The van der Waals surface area contributed by atoms with Crippen LogP contribution in [0.4, 0.5) is 17.1 Å². The molecule has 0 atom stereocenters. The molecule has 1 aliphatic carbocycles. The third kappa shape index (κ3) is 4.91. The van der Waals surface area contributed by atoms with Crippen LogP contribution in [-0.2, 0) is 5.41 Å². The molecule has 0 aliphatic heterocycles. The van der Waals surface area contributed by atoms with E-state index in [-0.39, 0.29) is 0 Å². The fourth-order valence-electron chi connectivity index (χ4n) is 10.7. The molecule has 2 aromatic heterocycles. The number of para-hydroxylation sites is 2. The molecular formula is C59H38N2S. The molecule has 0 unspecified atom stereocenters. The Morgan fingerprint density at radius 3 is 1.77 bits per heavy atom. The third-order valence-corrected chi connectivity index (χ3v) is 14.5. The second-order valence-corrected chi connectivity index (χ2v) is 17.4. The highest BCUT2D eigenvalue weighted by atomic mass is 32.1. The third-order valence-electron chi connectivity index (χ3n) is 13.2. The molecule has 0 spiro atoms. The van der Waals surface area contributed by atoms with E-state index in [9.17, 15) is 0 Å². The highest BCUT2D eigenvalue weighted by molar-refractivity contribution is 7.27. The zero-order valence-electron chi connectivity index (χ0n) is 33.7. The van der Waals surface area contributed by atoms with E-state index in [0.29, 0.717) is 0 Å². The van der Waals surface area contributed by atoms with Gasteiger partial charge in [-0.1, -0.05) is 188 Å². The molecule has 0 N–H and O–H groups in total. The SMILES string of the molecule is c1ccc(-n2c3ccccc3c3ccc(N(c4cccc5c4-c4ccccc4C5(c4ccccc4)c4ccccc4)c4cccc5c4sc4c6ccccc6ccc54)cc32)cc1. The summed E-state index contributed by atoms with van der Waals surface area (Å²) in [6.07, 6.45) is 0. The molecule has 0 radical (unpaired) electrons. The first-order valence-corrected chi connectivity index (χ1v) is 22.2. The van der Waals surface area contributed by atoms with E-state index >= 15 is 0 Å². The van der Waals surface area contributed by atoms with Crippen LogP contribution in [0.2, 0.25) is 0 Å². The van der Waals surface area contributed by atoms with Gasteiger partial charge in [0.2, 0.25) is 0 Å². The Bertz CT molecular complexity index is 3660. The van der Waals surface area contributed by atoms with Crippen molar-refractivity contribution in [1.29, 1.82) is 0 Å². The lowest BCUT2D eigenvalue weighted by atomic mass is 9.68. The summed E-state index contributed by atoms with van der Waals surface area (Å²) in [4.78, 5) is 2.56. The monoisotopic (exact) mass is 806 g/mol. The number of thiophene rings is 1. The minimum atomic E-state index is -0.525. The van der Waals surface area contributed by atoms with E-state index in [2.05, 4.69) is 240 Å². The van der Waals surface area contributed by atoms with E-state index < -0.39 is 5.41 Å². The van der Waals surface area contributed by atoms with Crippen LogP contribution in [0.3, 0.4) is 0 Å². The number of anilines is 3. The number of nitrogens with zero attached hydrogens (tertiary/aromatic N) is 2. The van der Waals surface area contributed by atoms with Gasteiger partial charge in [-0.2, -0.15) is 0 Å². The molecule has 0 saturated carbocycles. The summed E-state index contributed by atoms with van der Waals surface area (Å²) in [7, 11) is 0. The van der Waals surface area contributed by atoms with Crippen molar-refractivity contribution in [3.05, 3.63) is 253 Å². The molecule has 290 valence electrons. The molecule has 2 heterocycles. The topological polar surface area (TPSA) is 8.17 Å². The number of hydrogen-bond acceptors (Lipinski definition) is 2. The first kappa shape index (κ1) is 35.1. The minimum absolute atomic E-state index is 0.525. The maximum absolute atomic E-state index is 2.56. The molecule has 0 fully saturated rings. The number of aromatic nitrogens is 1. The van der Waals surface area contributed by atoms with E-state index in [1.165, 1.54) is 86.1 Å². The lowest BCUT2D eigenvalue weighted by Crippen LogP contribution is -2.28. The summed E-state index contributed by atoms with van der Waals surface area (Å²) in [6.45, 7) is 0. The van der Waals surface area contributed by atoms with Crippen LogP contribution >= 0.6 is 11.3 Å². The fraction of sp³-hybridized carbons (Fsp3) is 0.0169. The summed E-state index contributed by atoms with van der Waals surface area (Å²) in [5.74, 6) is 0. The summed E-state index contributed by atoms with van der Waals surface area (Å²) in [5.41, 5.74) is 14.0. The molecule has 10 aromatic carbocycles. The van der Waals surface area contributed by atoms with E-state index in [4.69, 9.17) is 0 Å². The van der Waals surface area contributed by atoms with Crippen LogP contribution in [0.5, 0.6) is 0 Å². The average molecular weight is 807 g/mol. The van der Waals surface area contributed by atoms with Crippen LogP contribution in [0.1, 0.15) is 22.3 Å². The number of benzene rings is 10. The van der Waals surface area contributed by atoms with Gasteiger partial charge < -0.3 is 9.47 Å². The summed E-state index contributed by atoms with van der Waals surface area (Å²) >= 11 is 1.91. The Morgan fingerprint density at radius 2 is 0.968 bits per heavy atom. The Morgan fingerprint density at radius 1 is 0.387 bits per heavy atom. The summed E-state index contributed by atoms with van der Waals surface area (Å²) in [6, 6.07) is 85.3. The van der Waals surface area contributed by atoms with Crippen LogP contribution < -0.4 is 4.90 Å². The highest BCUT2D eigenvalue weighted by Crippen LogP contribution is 2.60. The number of rotatable bonds is 6. The van der Waals surface area contributed by atoms with Crippen molar-refractivity contribution in [2.75, 3.05) is 4.90 Å². The van der Waals surface area contributed by atoms with Crippen molar-refractivity contribution in [3.8, 4) is 16.8 Å². The minimum Gasteiger partial charge on any atom is -0.309 e. The smallest absolute Gasteiger partial charge is 0.0714 e. The zero-order valence-corrected chi connectivity index (χ0v) is 34.6. The Labute approximate surface area is 363 Å². The van der Waals surface area contributed by atoms with E-state index in [1.807, 2.05) is 11.3 Å². The van der Waals surface area contributed by atoms with E-state index in [0.717, 1.165) is 22.7 Å². The van der Waals surface area contributed by atoms with Crippen molar-refractivity contribution in [1.82, 2.24) is 4.57 Å². The van der Waals surface area contributed by atoms with Crippen LogP contribution in [-0.4, -0.2) is 4.57 Å². The van der Waals surface area contributed by atoms with Crippen LogP contribution in [0, 0.1) is 0 Å². The van der Waals surface area contributed by atoms with Gasteiger partial charge in [-0.25, -0.2) is 0 Å². The molecule has 0 saturated heterocycles. The lowest BCUT2D eigenvalue weighted by molar-refractivity contribution is 0.768. The van der Waals surface area contributed by atoms with Gasteiger partial charge in [-0.3, -0.25) is 0 Å². The molecule has 2 nitrogen and oxygen atoms in total. The second-order valence-electron chi connectivity index (χ2n) is 16.4. The largest absolute Gasteiger partial charge is 0.309 e. The zero-order chi connectivity index (χ0) is 40.8. The summed E-state index contributed by atoms with van der Waals surface area (Å²) in [5, 5.41) is 7.60. The second kappa shape index (κ2) is 13.7. The molecule has 0 bridgehead atoms. The van der Waals surface area contributed by atoms with Gasteiger partial charge >= 0.3 is 0 Å². The first-order chi connectivity index (χ1) is 30.8. The first-order valence-electron chi connectivity index (χ1n) is 21.4. The van der Waals surface area contributed by atoms with Gasteiger partial charge in [0.25, 0.3) is 0 Å². The molecular weight excluding hydrogens is 769 g/mol. The number of fused-ring (bicyclic) bond motifs is 11. The Balaban J connectivity index is 1.16. The summed E-state index contributed by atoms with van der Waals surface area (Å²) < 4.78 is 5.02. The van der Waals surface area contributed by atoms with Gasteiger partial charge in [0.15, 0.2) is 0 Å². The van der Waals surface area contributed by atoms with Gasteiger partial charge in [0.1, 0.15) is 0 Å². The van der Waals surface area contributed by atoms with Crippen molar-refractivity contribution in [2.24, 2.45) is 0 Å². The molecule has 1 aliphatic rings. The quantitative estimate of drug-likeness (QED) is 0.162. The average Bonchev–Trinajstić information content (AvgIpc) is 4.00. The maximum Gasteiger partial charge on any atom is 0.0714 e. The van der Waals surface area contributed by atoms with Gasteiger partial charge in [-0.15, -0.1) is 11.3 Å².